The first-order chi connectivity index (χ1) is 8.03. The van der Waals surface area contributed by atoms with Crippen LogP contribution in [0.2, 0.25) is 0 Å². The van der Waals surface area contributed by atoms with Gasteiger partial charge < -0.3 is 0 Å². The molecule has 1 aliphatic carbocycles. The van der Waals surface area contributed by atoms with Crippen molar-refractivity contribution in [2.75, 3.05) is 6.54 Å². The molecule has 2 fully saturated rings. The van der Waals surface area contributed by atoms with E-state index in [0.717, 1.165) is 24.3 Å². The minimum Gasteiger partial charge on any atom is -0.292 e. The van der Waals surface area contributed by atoms with Crippen LogP contribution in [0.25, 0.3) is 0 Å². The predicted octanol–water partition coefficient (Wildman–Crippen LogP) is 3.86. The Morgan fingerprint density at radius 1 is 1.12 bits per heavy atom. The van der Waals surface area contributed by atoms with Gasteiger partial charge in [0.1, 0.15) is 0 Å². The molecule has 1 aliphatic heterocycles. The Labute approximate surface area is 107 Å². The largest absolute Gasteiger partial charge is 0.292 e. The monoisotopic (exact) mass is 239 g/mol. The molecule has 2 aliphatic rings. The van der Waals surface area contributed by atoms with Crippen LogP contribution < -0.4 is 0 Å². The Morgan fingerprint density at radius 3 is 2.35 bits per heavy atom. The lowest BCUT2D eigenvalue weighted by Crippen LogP contribution is -2.45. The van der Waals surface area contributed by atoms with E-state index in [1.54, 1.807) is 0 Å². The molecule has 0 radical (unpaired) electrons. The summed E-state index contributed by atoms with van der Waals surface area (Å²) in [7, 11) is 0. The van der Waals surface area contributed by atoms with Crippen molar-refractivity contribution >= 4 is 0 Å². The van der Waals surface area contributed by atoms with Crippen molar-refractivity contribution in [3.05, 3.63) is 0 Å². The third-order valence-corrected chi connectivity index (χ3v) is 5.11. The summed E-state index contributed by atoms with van der Waals surface area (Å²) in [6.07, 6.45) is 5.40. The van der Waals surface area contributed by atoms with Gasteiger partial charge >= 0.3 is 0 Å². The number of hydrogen-bond acceptors (Lipinski definition) is 2. The fourth-order valence-electron chi connectivity index (χ4n) is 4.07. The van der Waals surface area contributed by atoms with Crippen LogP contribution in [0, 0.1) is 17.8 Å². The molecule has 2 unspecified atom stereocenters. The van der Waals surface area contributed by atoms with E-state index >= 15 is 0 Å². The maximum Gasteiger partial charge on any atom is 0.0887 e. The topological polar surface area (TPSA) is 12.5 Å². The van der Waals surface area contributed by atoms with E-state index in [9.17, 15) is 0 Å². The first-order valence-corrected chi connectivity index (χ1v) is 7.49. The van der Waals surface area contributed by atoms with E-state index < -0.39 is 0 Å². The summed E-state index contributed by atoms with van der Waals surface area (Å²) in [6, 6.07) is 0.669. The number of fused-ring (bicyclic) bond motifs is 1. The van der Waals surface area contributed by atoms with E-state index in [1.807, 2.05) is 0 Å². The van der Waals surface area contributed by atoms with Crippen molar-refractivity contribution in [3.63, 3.8) is 0 Å². The maximum atomic E-state index is 6.20. The average molecular weight is 239 g/mol. The second-order valence-corrected chi connectivity index (χ2v) is 6.44. The van der Waals surface area contributed by atoms with E-state index in [0.29, 0.717) is 6.04 Å². The lowest BCUT2D eigenvalue weighted by Gasteiger charge is -2.41. The van der Waals surface area contributed by atoms with Crippen LogP contribution >= 0.6 is 0 Å². The summed E-state index contributed by atoms with van der Waals surface area (Å²) in [5, 5.41) is 2.28. The summed E-state index contributed by atoms with van der Waals surface area (Å²) in [4.78, 5) is 6.20. The molecule has 0 spiro atoms. The SMILES string of the molecule is CCC1CC(CC)[C@@H]2[C@@H](C1)C(C)(C)ON2CC. The summed E-state index contributed by atoms with van der Waals surface area (Å²) in [5.74, 6) is 2.48. The molecule has 1 saturated carbocycles. The van der Waals surface area contributed by atoms with Crippen LogP contribution in [0.15, 0.2) is 0 Å². The molecule has 0 aromatic rings. The van der Waals surface area contributed by atoms with Gasteiger partial charge in [0, 0.05) is 18.5 Å². The van der Waals surface area contributed by atoms with E-state index in [1.165, 1.54) is 25.7 Å². The standard InChI is InChI=1S/C15H29NO/c1-6-11-9-12(7-2)14-13(10-11)15(4,5)17-16(14)8-3/h11-14H,6-10H2,1-5H3/t11?,12?,13-,14-/m1/s1. The van der Waals surface area contributed by atoms with Crippen LogP contribution in [0.1, 0.15) is 60.3 Å². The Bertz CT molecular complexity index is 264. The molecule has 17 heavy (non-hydrogen) atoms. The first kappa shape index (κ1) is 13.4. The van der Waals surface area contributed by atoms with Crippen molar-refractivity contribution in [1.82, 2.24) is 5.06 Å². The van der Waals surface area contributed by atoms with Gasteiger partial charge in [-0.2, -0.15) is 5.06 Å². The van der Waals surface area contributed by atoms with Crippen LogP contribution in [0.5, 0.6) is 0 Å². The van der Waals surface area contributed by atoms with Gasteiger partial charge in [-0.1, -0.05) is 33.6 Å². The van der Waals surface area contributed by atoms with E-state index in [-0.39, 0.29) is 5.60 Å². The molecule has 0 aromatic heterocycles. The second kappa shape index (κ2) is 4.89. The van der Waals surface area contributed by atoms with Crippen molar-refractivity contribution in [2.45, 2.75) is 71.9 Å². The molecule has 0 bridgehead atoms. The van der Waals surface area contributed by atoms with Gasteiger partial charge in [0.2, 0.25) is 0 Å². The Morgan fingerprint density at radius 2 is 1.82 bits per heavy atom. The molecule has 2 rings (SSSR count). The molecule has 2 heteroatoms. The zero-order chi connectivity index (χ0) is 12.6. The minimum absolute atomic E-state index is 0.0436. The quantitative estimate of drug-likeness (QED) is 0.741. The summed E-state index contributed by atoms with van der Waals surface area (Å²) in [5.41, 5.74) is 0.0436. The Kier molecular flexibility index (Phi) is 3.84. The summed E-state index contributed by atoms with van der Waals surface area (Å²) < 4.78 is 0. The number of rotatable bonds is 3. The van der Waals surface area contributed by atoms with Crippen molar-refractivity contribution < 1.29 is 4.84 Å². The van der Waals surface area contributed by atoms with Gasteiger partial charge in [-0.15, -0.1) is 0 Å². The lowest BCUT2D eigenvalue weighted by molar-refractivity contribution is -0.196. The van der Waals surface area contributed by atoms with Crippen molar-refractivity contribution in [3.8, 4) is 0 Å². The molecule has 1 saturated heterocycles. The van der Waals surface area contributed by atoms with E-state index in [4.69, 9.17) is 4.84 Å². The van der Waals surface area contributed by atoms with Gasteiger partial charge in [0.05, 0.1) is 5.60 Å². The normalized spacial score (nSPS) is 41.5. The predicted molar refractivity (Wildman–Crippen MR) is 71.6 cm³/mol. The number of hydroxylamine groups is 2. The third kappa shape index (κ3) is 2.26. The Balaban J connectivity index is 2.22. The van der Waals surface area contributed by atoms with Gasteiger partial charge in [-0.3, -0.25) is 4.84 Å². The van der Waals surface area contributed by atoms with E-state index in [2.05, 4.69) is 39.7 Å². The van der Waals surface area contributed by atoms with Crippen LogP contribution in [-0.4, -0.2) is 23.3 Å². The molecular weight excluding hydrogens is 210 g/mol. The molecule has 2 nitrogen and oxygen atoms in total. The highest BCUT2D eigenvalue weighted by molar-refractivity contribution is 5.00. The maximum absolute atomic E-state index is 6.20. The van der Waals surface area contributed by atoms with Crippen molar-refractivity contribution in [1.29, 1.82) is 0 Å². The van der Waals surface area contributed by atoms with Gasteiger partial charge in [0.15, 0.2) is 0 Å². The highest BCUT2D eigenvalue weighted by Gasteiger charge is 2.53. The molecule has 4 atom stereocenters. The second-order valence-electron chi connectivity index (χ2n) is 6.44. The van der Waals surface area contributed by atoms with Crippen molar-refractivity contribution in [2.24, 2.45) is 17.8 Å². The molecule has 100 valence electrons. The highest BCUT2D eigenvalue weighted by Crippen LogP contribution is 2.49. The zero-order valence-electron chi connectivity index (χ0n) is 12.2. The Hall–Kier alpha value is -0.0800. The molecule has 0 aromatic carbocycles. The van der Waals surface area contributed by atoms with Crippen LogP contribution in [0.3, 0.4) is 0 Å². The smallest absolute Gasteiger partial charge is 0.0887 e. The minimum atomic E-state index is 0.0436. The van der Waals surface area contributed by atoms with Crippen LogP contribution in [-0.2, 0) is 4.84 Å². The lowest BCUT2D eigenvalue weighted by atomic mass is 9.66. The summed E-state index contributed by atoms with van der Waals surface area (Å²) in [6.45, 7) is 12.5. The fraction of sp³-hybridized carbons (Fsp3) is 1.00. The first-order valence-electron chi connectivity index (χ1n) is 7.49. The highest BCUT2D eigenvalue weighted by atomic mass is 16.7. The number of hydrogen-bond donors (Lipinski definition) is 0. The van der Waals surface area contributed by atoms with Gasteiger partial charge in [0.25, 0.3) is 0 Å². The zero-order valence-corrected chi connectivity index (χ0v) is 12.2. The molecular formula is C15H29NO. The molecule has 0 N–H and O–H groups in total. The summed E-state index contributed by atoms with van der Waals surface area (Å²) >= 11 is 0. The van der Waals surface area contributed by atoms with Gasteiger partial charge in [-0.05, 0) is 38.5 Å². The number of nitrogens with zero attached hydrogens (tertiary/aromatic N) is 1. The molecule has 0 amide bonds. The third-order valence-electron chi connectivity index (χ3n) is 5.11. The van der Waals surface area contributed by atoms with Gasteiger partial charge in [-0.25, -0.2) is 0 Å². The average Bonchev–Trinajstić information content (AvgIpc) is 2.60. The fourth-order valence-corrected chi connectivity index (χ4v) is 4.07. The van der Waals surface area contributed by atoms with Crippen LogP contribution in [0.4, 0.5) is 0 Å². The molecule has 1 heterocycles.